The van der Waals surface area contributed by atoms with Crippen LogP contribution < -0.4 is 0 Å². The number of aliphatic hydroxyl groups is 1. The molecule has 0 aromatic carbocycles. The fourth-order valence-electron chi connectivity index (χ4n) is 1.32. The van der Waals surface area contributed by atoms with Gasteiger partial charge >= 0.3 is 6.16 Å². The highest BCUT2D eigenvalue weighted by Crippen LogP contribution is 2.02. The topological polar surface area (TPSA) is 92.7 Å². The number of aliphatic hydroxyl groups excluding tert-OH is 1. The van der Waals surface area contributed by atoms with Crippen molar-refractivity contribution < 1.29 is 38.3 Å². The molecule has 8 nitrogen and oxygen atoms in total. The Morgan fingerprint density at radius 2 is 1.62 bits per heavy atom. The molecule has 0 aromatic heterocycles. The minimum Gasteiger partial charge on any atom is -0.438 e. The van der Waals surface area contributed by atoms with Crippen LogP contribution in [0.4, 0.5) is 4.79 Å². The minimum absolute atomic E-state index is 0.0209. The van der Waals surface area contributed by atoms with E-state index in [4.69, 9.17) is 28.8 Å². The quantitative estimate of drug-likeness (QED) is 0.360. The monoisotopic (exact) mass is 310 g/mol. The van der Waals surface area contributed by atoms with E-state index in [1.165, 1.54) is 7.11 Å². The molecule has 0 saturated heterocycles. The van der Waals surface area contributed by atoms with Crippen molar-refractivity contribution in [1.82, 2.24) is 0 Å². The maximum Gasteiger partial charge on any atom is 0.508 e. The summed E-state index contributed by atoms with van der Waals surface area (Å²) in [7, 11) is 2.84. The average Bonchev–Trinajstić information content (AvgIpc) is 2.49. The highest BCUT2D eigenvalue weighted by molar-refractivity contribution is 5.59. The van der Waals surface area contributed by atoms with Crippen LogP contribution in [0.5, 0.6) is 0 Å². The van der Waals surface area contributed by atoms with E-state index in [0.717, 1.165) is 0 Å². The Hall–Kier alpha value is -0.930. The fraction of sp³-hybridized carbons (Fsp3) is 0.923. The van der Waals surface area contributed by atoms with Crippen LogP contribution in [0, 0.1) is 0 Å². The second-order valence-electron chi connectivity index (χ2n) is 4.00. The molecule has 0 radical (unpaired) electrons. The molecule has 0 heterocycles. The van der Waals surface area contributed by atoms with Crippen LogP contribution in [0.25, 0.3) is 0 Å². The highest BCUT2D eigenvalue weighted by atomic mass is 16.7. The van der Waals surface area contributed by atoms with E-state index in [-0.39, 0.29) is 19.8 Å². The molecule has 1 unspecified atom stereocenters. The molecule has 8 heteroatoms. The van der Waals surface area contributed by atoms with Crippen molar-refractivity contribution in [3.8, 4) is 0 Å². The summed E-state index contributed by atoms with van der Waals surface area (Å²) >= 11 is 0. The van der Waals surface area contributed by atoms with Crippen molar-refractivity contribution >= 4 is 6.16 Å². The number of ether oxygens (including phenoxy) is 6. The van der Waals surface area contributed by atoms with Crippen LogP contribution in [-0.4, -0.2) is 84.4 Å². The second-order valence-corrected chi connectivity index (χ2v) is 4.00. The maximum absolute atomic E-state index is 11.1. The lowest BCUT2D eigenvalue weighted by Gasteiger charge is -2.17. The van der Waals surface area contributed by atoms with Crippen molar-refractivity contribution in [3.63, 3.8) is 0 Å². The Morgan fingerprint density at radius 3 is 2.29 bits per heavy atom. The van der Waals surface area contributed by atoms with Crippen LogP contribution >= 0.6 is 0 Å². The smallest absolute Gasteiger partial charge is 0.438 e. The van der Waals surface area contributed by atoms with E-state index in [0.29, 0.717) is 39.5 Å². The lowest BCUT2D eigenvalue weighted by atomic mass is 10.3. The standard InChI is InChI=1S/C13H26O8/c1-16-7-8-18-5-3-12(21-13(15)17-2)11-20-10-9-19-6-4-14/h12,14H,3-11H2,1-2H3. The molecule has 126 valence electrons. The normalized spacial score (nSPS) is 12.1. The summed E-state index contributed by atoms with van der Waals surface area (Å²) in [5.41, 5.74) is 0. The van der Waals surface area contributed by atoms with Crippen LogP contribution in [-0.2, 0) is 28.4 Å². The third-order valence-corrected chi connectivity index (χ3v) is 2.36. The zero-order valence-corrected chi connectivity index (χ0v) is 12.7. The number of carbonyl (C=O) groups excluding carboxylic acids is 1. The number of methoxy groups -OCH3 is 2. The number of rotatable bonds is 14. The molecule has 0 aliphatic heterocycles. The third kappa shape index (κ3) is 13.8. The van der Waals surface area contributed by atoms with E-state index in [2.05, 4.69) is 4.74 Å². The van der Waals surface area contributed by atoms with Crippen LogP contribution in [0.15, 0.2) is 0 Å². The lowest BCUT2D eigenvalue weighted by Crippen LogP contribution is -2.26. The molecule has 0 aliphatic carbocycles. The van der Waals surface area contributed by atoms with E-state index in [1.807, 2.05) is 0 Å². The Balaban J connectivity index is 3.77. The predicted molar refractivity (Wildman–Crippen MR) is 73.3 cm³/mol. The first kappa shape index (κ1) is 20.1. The first-order valence-electron chi connectivity index (χ1n) is 6.82. The van der Waals surface area contributed by atoms with Crippen LogP contribution in [0.2, 0.25) is 0 Å². The van der Waals surface area contributed by atoms with Gasteiger partial charge in [-0.15, -0.1) is 0 Å². The predicted octanol–water partition coefficient (Wildman–Crippen LogP) is 0.217. The van der Waals surface area contributed by atoms with Gasteiger partial charge in [-0.2, -0.15) is 0 Å². The molecule has 0 amide bonds. The van der Waals surface area contributed by atoms with Crippen LogP contribution in [0.1, 0.15) is 6.42 Å². The van der Waals surface area contributed by atoms with Crippen molar-refractivity contribution in [2.24, 2.45) is 0 Å². The largest absolute Gasteiger partial charge is 0.508 e. The van der Waals surface area contributed by atoms with E-state index in [9.17, 15) is 4.79 Å². The van der Waals surface area contributed by atoms with Crippen molar-refractivity contribution in [3.05, 3.63) is 0 Å². The molecular formula is C13H26O8. The molecular weight excluding hydrogens is 284 g/mol. The Morgan fingerprint density at radius 1 is 0.952 bits per heavy atom. The Bertz CT molecular complexity index is 236. The second kappa shape index (κ2) is 15.5. The zero-order chi connectivity index (χ0) is 15.8. The first-order chi connectivity index (χ1) is 10.2. The van der Waals surface area contributed by atoms with Gasteiger partial charge in [0.2, 0.25) is 0 Å². The van der Waals surface area contributed by atoms with Gasteiger partial charge in [0.15, 0.2) is 0 Å². The summed E-state index contributed by atoms with van der Waals surface area (Å²) in [5.74, 6) is 0. The van der Waals surface area contributed by atoms with Crippen LogP contribution in [0.3, 0.4) is 0 Å². The number of hydrogen-bond donors (Lipinski definition) is 1. The Labute approximate surface area is 125 Å². The van der Waals surface area contributed by atoms with Gasteiger partial charge in [-0.25, -0.2) is 4.79 Å². The molecule has 21 heavy (non-hydrogen) atoms. The average molecular weight is 310 g/mol. The number of hydrogen-bond acceptors (Lipinski definition) is 8. The summed E-state index contributed by atoms with van der Waals surface area (Å²) in [5, 5.41) is 8.54. The van der Waals surface area contributed by atoms with E-state index in [1.54, 1.807) is 7.11 Å². The van der Waals surface area contributed by atoms with Gasteiger partial charge in [0.25, 0.3) is 0 Å². The summed E-state index contributed by atoms with van der Waals surface area (Å²) in [6.07, 6.45) is -0.703. The number of carbonyl (C=O) groups is 1. The summed E-state index contributed by atoms with van der Waals surface area (Å²) in [4.78, 5) is 11.1. The SMILES string of the molecule is COCCOCCC(COCCOCCO)OC(=O)OC. The van der Waals surface area contributed by atoms with Gasteiger partial charge in [-0.05, 0) is 0 Å². The fourth-order valence-corrected chi connectivity index (χ4v) is 1.32. The summed E-state index contributed by atoms with van der Waals surface area (Å²) < 4.78 is 30.1. The van der Waals surface area contributed by atoms with Gasteiger partial charge < -0.3 is 33.5 Å². The summed E-state index contributed by atoms with van der Waals surface area (Å²) in [6, 6.07) is 0. The molecule has 1 atom stereocenters. The first-order valence-corrected chi connectivity index (χ1v) is 6.82. The molecule has 0 fully saturated rings. The van der Waals surface area contributed by atoms with Gasteiger partial charge in [0.05, 0.1) is 60.0 Å². The van der Waals surface area contributed by atoms with Gasteiger partial charge in [-0.1, -0.05) is 0 Å². The molecule has 0 bridgehead atoms. The minimum atomic E-state index is -0.753. The molecule has 0 saturated carbocycles. The van der Waals surface area contributed by atoms with Gasteiger partial charge in [0.1, 0.15) is 6.10 Å². The Kier molecular flexibility index (Phi) is 14.8. The molecule has 0 rings (SSSR count). The summed E-state index contributed by atoms with van der Waals surface area (Å²) in [6.45, 7) is 2.63. The molecule has 0 spiro atoms. The lowest BCUT2D eigenvalue weighted by molar-refractivity contribution is -0.0375. The molecule has 1 N–H and O–H groups in total. The molecule has 0 aromatic rings. The highest BCUT2D eigenvalue weighted by Gasteiger charge is 2.15. The third-order valence-electron chi connectivity index (χ3n) is 2.36. The van der Waals surface area contributed by atoms with Gasteiger partial charge in [-0.3, -0.25) is 0 Å². The molecule has 0 aliphatic rings. The van der Waals surface area contributed by atoms with Crippen molar-refractivity contribution in [2.75, 3.05) is 67.1 Å². The van der Waals surface area contributed by atoms with Crippen molar-refractivity contribution in [1.29, 1.82) is 0 Å². The zero-order valence-electron chi connectivity index (χ0n) is 12.7. The van der Waals surface area contributed by atoms with E-state index < -0.39 is 12.3 Å². The van der Waals surface area contributed by atoms with Gasteiger partial charge in [0, 0.05) is 13.5 Å². The van der Waals surface area contributed by atoms with Crippen molar-refractivity contribution in [2.45, 2.75) is 12.5 Å². The maximum atomic E-state index is 11.1. The van der Waals surface area contributed by atoms with E-state index >= 15 is 0 Å².